The summed E-state index contributed by atoms with van der Waals surface area (Å²) in [6, 6.07) is 2.04. The highest BCUT2D eigenvalue weighted by Gasteiger charge is 2.42. The predicted molar refractivity (Wildman–Crippen MR) is 80.0 cm³/mol. The molecule has 2 aliphatic rings. The monoisotopic (exact) mass is 276 g/mol. The molecule has 110 valence electrons. The summed E-state index contributed by atoms with van der Waals surface area (Å²) in [7, 11) is 0. The van der Waals surface area contributed by atoms with Gasteiger partial charge in [-0.2, -0.15) is 0 Å². The molecular formula is C15H24N4O. The van der Waals surface area contributed by atoms with Crippen LogP contribution in [0, 0.1) is 11.8 Å². The van der Waals surface area contributed by atoms with Crippen LogP contribution in [0.25, 0.3) is 0 Å². The average Bonchev–Trinajstić information content (AvgIpc) is 3.01. The quantitative estimate of drug-likeness (QED) is 0.876. The van der Waals surface area contributed by atoms with Gasteiger partial charge in [-0.1, -0.05) is 6.92 Å². The van der Waals surface area contributed by atoms with Crippen LogP contribution in [0.5, 0.6) is 0 Å². The molecule has 3 unspecified atom stereocenters. The Bertz CT molecular complexity index is 479. The van der Waals surface area contributed by atoms with Gasteiger partial charge in [-0.05, 0) is 25.7 Å². The zero-order chi connectivity index (χ0) is 14.1. The zero-order valence-electron chi connectivity index (χ0n) is 12.3. The number of aromatic nitrogens is 2. The number of aliphatic hydroxyl groups is 1. The Kier molecular flexibility index (Phi) is 3.78. The van der Waals surface area contributed by atoms with Crippen molar-refractivity contribution >= 4 is 11.6 Å². The molecule has 0 spiro atoms. The molecule has 2 N–H and O–H groups in total. The van der Waals surface area contributed by atoms with Crippen molar-refractivity contribution < 1.29 is 5.11 Å². The molecule has 0 aromatic carbocycles. The number of aliphatic hydroxyl groups excluding tert-OH is 1. The normalized spacial score (nSPS) is 28.8. The molecule has 0 amide bonds. The number of nitrogens with zero attached hydrogens (tertiary/aromatic N) is 3. The lowest BCUT2D eigenvalue weighted by molar-refractivity contribution is 0.133. The molecule has 1 aliphatic carbocycles. The third kappa shape index (κ3) is 2.46. The fourth-order valence-corrected chi connectivity index (χ4v) is 3.50. The largest absolute Gasteiger partial charge is 0.393 e. The first-order chi connectivity index (χ1) is 9.71. The van der Waals surface area contributed by atoms with E-state index < -0.39 is 0 Å². The van der Waals surface area contributed by atoms with Crippen molar-refractivity contribution in [1.29, 1.82) is 0 Å². The maximum absolute atomic E-state index is 10.0. The fourth-order valence-electron chi connectivity index (χ4n) is 3.50. The number of nitrogens with one attached hydrogen (secondary N) is 1. The van der Waals surface area contributed by atoms with Crippen molar-refractivity contribution in [2.75, 3.05) is 29.9 Å². The standard InChI is InChI=1S/C15H24N4O/c1-3-13-17-14(16-4-2)7-15(18-13)19-8-10-5-6-12(20)11(10)9-19/h7,10-12,20H,3-6,8-9H2,1-2H3,(H,16,17,18). The van der Waals surface area contributed by atoms with E-state index in [9.17, 15) is 5.11 Å². The molecule has 1 saturated heterocycles. The molecule has 1 aliphatic heterocycles. The van der Waals surface area contributed by atoms with E-state index in [1.807, 2.05) is 6.07 Å². The van der Waals surface area contributed by atoms with Gasteiger partial charge >= 0.3 is 0 Å². The second kappa shape index (κ2) is 5.56. The number of aryl methyl sites for hydroxylation is 1. The van der Waals surface area contributed by atoms with Crippen LogP contribution in [-0.2, 0) is 6.42 Å². The van der Waals surface area contributed by atoms with Crippen LogP contribution in [0.15, 0.2) is 6.07 Å². The van der Waals surface area contributed by atoms with E-state index in [1.54, 1.807) is 0 Å². The van der Waals surface area contributed by atoms with Gasteiger partial charge in [-0.3, -0.25) is 0 Å². The first kappa shape index (κ1) is 13.6. The Morgan fingerprint density at radius 1 is 1.30 bits per heavy atom. The van der Waals surface area contributed by atoms with Gasteiger partial charge in [0.15, 0.2) is 0 Å². The van der Waals surface area contributed by atoms with Crippen LogP contribution >= 0.6 is 0 Å². The Hall–Kier alpha value is -1.36. The van der Waals surface area contributed by atoms with Gasteiger partial charge in [0.1, 0.15) is 17.5 Å². The van der Waals surface area contributed by atoms with Crippen molar-refractivity contribution in [3.05, 3.63) is 11.9 Å². The lowest BCUT2D eigenvalue weighted by Crippen LogP contribution is -2.25. The van der Waals surface area contributed by atoms with E-state index in [-0.39, 0.29) is 6.10 Å². The number of anilines is 2. The second-order valence-electron chi connectivity index (χ2n) is 5.89. The maximum atomic E-state index is 10.0. The Labute approximate surface area is 120 Å². The summed E-state index contributed by atoms with van der Waals surface area (Å²) in [5.74, 6) is 3.86. The highest BCUT2D eigenvalue weighted by molar-refractivity contribution is 5.50. The van der Waals surface area contributed by atoms with Gasteiger partial charge in [0, 0.05) is 38.0 Å². The minimum atomic E-state index is -0.120. The van der Waals surface area contributed by atoms with Crippen LogP contribution < -0.4 is 10.2 Å². The molecule has 20 heavy (non-hydrogen) atoms. The SMILES string of the molecule is CCNc1cc(N2CC3CCC(O)C3C2)nc(CC)n1. The molecule has 2 fully saturated rings. The van der Waals surface area contributed by atoms with E-state index in [0.717, 1.165) is 56.4 Å². The molecule has 1 aromatic heterocycles. The fraction of sp³-hybridized carbons (Fsp3) is 0.733. The highest BCUT2D eigenvalue weighted by atomic mass is 16.3. The summed E-state index contributed by atoms with van der Waals surface area (Å²) in [6.45, 7) is 6.97. The first-order valence-corrected chi connectivity index (χ1v) is 7.76. The molecule has 0 radical (unpaired) electrons. The Morgan fingerprint density at radius 2 is 2.15 bits per heavy atom. The molecule has 1 aromatic rings. The van der Waals surface area contributed by atoms with Gasteiger partial charge < -0.3 is 15.3 Å². The van der Waals surface area contributed by atoms with Crippen LogP contribution in [0.1, 0.15) is 32.5 Å². The highest BCUT2D eigenvalue weighted by Crippen LogP contribution is 2.39. The van der Waals surface area contributed by atoms with Crippen molar-refractivity contribution in [2.45, 2.75) is 39.2 Å². The van der Waals surface area contributed by atoms with Crippen LogP contribution in [-0.4, -0.2) is 40.8 Å². The minimum absolute atomic E-state index is 0.120. The van der Waals surface area contributed by atoms with E-state index in [1.165, 1.54) is 0 Å². The van der Waals surface area contributed by atoms with Crippen LogP contribution in [0.3, 0.4) is 0 Å². The lowest BCUT2D eigenvalue weighted by atomic mass is 10.00. The molecule has 5 nitrogen and oxygen atoms in total. The summed E-state index contributed by atoms with van der Waals surface area (Å²) in [4.78, 5) is 11.5. The van der Waals surface area contributed by atoms with Gasteiger partial charge in [0.2, 0.25) is 0 Å². The molecule has 0 bridgehead atoms. The number of hydrogen-bond acceptors (Lipinski definition) is 5. The number of rotatable bonds is 4. The van der Waals surface area contributed by atoms with Crippen molar-refractivity contribution in [3.8, 4) is 0 Å². The third-order valence-corrected chi connectivity index (χ3v) is 4.58. The second-order valence-corrected chi connectivity index (χ2v) is 5.89. The predicted octanol–water partition coefficient (Wildman–Crippen LogP) is 1.68. The van der Waals surface area contributed by atoms with Gasteiger partial charge in [-0.25, -0.2) is 9.97 Å². The Morgan fingerprint density at radius 3 is 2.85 bits per heavy atom. The van der Waals surface area contributed by atoms with E-state index in [2.05, 4.69) is 34.0 Å². The molecule has 1 saturated carbocycles. The summed E-state index contributed by atoms with van der Waals surface area (Å²) < 4.78 is 0. The van der Waals surface area contributed by atoms with Crippen molar-refractivity contribution in [2.24, 2.45) is 11.8 Å². The maximum Gasteiger partial charge on any atom is 0.134 e. The third-order valence-electron chi connectivity index (χ3n) is 4.58. The van der Waals surface area contributed by atoms with Crippen LogP contribution in [0.4, 0.5) is 11.6 Å². The molecule has 5 heteroatoms. The first-order valence-electron chi connectivity index (χ1n) is 7.76. The average molecular weight is 276 g/mol. The summed E-state index contributed by atoms with van der Waals surface area (Å²) >= 11 is 0. The zero-order valence-corrected chi connectivity index (χ0v) is 12.3. The minimum Gasteiger partial charge on any atom is -0.393 e. The van der Waals surface area contributed by atoms with E-state index in [0.29, 0.717) is 11.8 Å². The molecule has 3 rings (SSSR count). The van der Waals surface area contributed by atoms with Crippen LogP contribution in [0.2, 0.25) is 0 Å². The number of hydrogen-bond donors (Lipinski definition) is 2. The number of fused-ring (bicyclic) bond motifs is 1. The smallest absolute Gasteiger partial charge is 0.134 e. The molecule has 3 atom stereocenters. The summed E-state index contributed by atoms with van der Waals surface area (Å²) in [5, 5.41) is 13.3. The van der Waals surface area contributed by atoms with Gasteiger partial charge in [0.05, 0.1) is 6.10 Å². The van der Waals surface area contributed by atoms with Gasteiger partial charge in [0.25, 0.3) is 0 Å². The molecule has 2 heterocycles. The Balaban J connectivity index is 1.81. The van der Waals surface area contributed by atoms with E-state index >= 15 is 0 Å². The van der Waals surface area contributed by atoms with Crippen molar-refractivity contribution in [3.63, 3.8) is 0 Å². The van der Waals surface area contributed by atoms with Gasteiger partial charge in [-0.15, -0.1) is 0 Å². The summed E-state index contributed by atoms with van der Waals surface area (Å²) in [6.07, 6.45) is 2.84. The lowest BCUT2D eigenvalue weighted by Gasteiger charge is -2.20. The molecular weight excluding hydrogens is 252 g/mol. The summed E-state index contributed by atoms with van der Waals surface area (Å²) in [5.41, 5.74) is 0. The van der Waals surface area contributed by atoms with Crippen molar-refractivity contribution in [1.82, 2.24) is 9.97 Å². The van der Waals surface area contributed by atoms with E-state index in [4.69, 9.17) is 0 Å². The topological polar surface area (TPSA) is 61.3 Å².